The van der Waals surface area contributed by atoms with Crippen LogP contribution >= 0.6 is 11.6 Å². The van der Waals surface area contributed by atoms with Crippen molar-refractivity contribution in [1.82, 2.24) is 0 Å². The Bertz CT molecular complexity index is 530. The van der Waals surface area contributed by atoms with Crippen molar-refractivity contribution in [1.29, 1.82) is 0 Å². The first-order chi connectivity index (χ1) is 6.73. The Morgan fingerprint density at radius 2 is 1.94 bits per heavy atom. The third-order valence-electron chi connectivity index (χ3n) is 1.78. The van der Waals surface area contributed by atoms with Crippen molar-refractivity contribution < 1.29 is 17.9 Å². The van der Waals surface area contributed by atoms with Gasteiger partial charge in [0.1, 0.15) is 4.90 Å². The van der Waals surface area contributed by atoms with Crippen LogP contribution in [0, 0.1) is 17.0 Å². The maximum absolute atomic E-state index is 10.7. The van der Waals surface area contributed by atoms with Crippen LogP contribution in [0.4, 0.5) is 5.69 Å². The van der Waals surface area contributed by atoms with E-state index in [1.807, 2.05) is 0 Å². The number of nitrogens with zero attached hydrogens (tertiary/aromatic N) is 1. The summed E-state index contributed by atoms with van der Waals surface area (Å²) < 4.78 is 30.2. The second-order valence-electron chi connectivity index (χ2n) is 2.78. The fraction of sp³-hybridized carbons (Fsp3) is 0.143. The van der Waals surface area contributed by atoms with Crippen LogP contribution in [0.25, 0.3) is 0 Å². The first kappa shape index (κ1) is 15.8. The number of hydrogen-bond acceptors (Lipinski definition) is 4. The molecule has 16 heavy (non-hydrogen) atoms. The molecule has 0 unspecified atom stereocenters. The Morgan fingerprint density at radius 3 is 2.31 bits per heavy atom. The van der Waals surface area contributed by atoms with E-state index in [-0.39, 0.29) is 40.1 Å². The number of hydrogen-bond donors (Lipinski definition) is 1. The van der Waals surface area contributed by atoms with E-state index in [1.54, 1.807) is 0 Å². The summed E-state index contributed by atoms with van der Waals surface area (Å²) in [7, 11) is -4.49. The summed E-state index contributed by atoms with van der Waals surface area (Å²) in [4.78, 5) is 9.16. The monoisotopic (exact) mass is 274 g/mol. The van der Waals surface area contributed by atoms with Gasteiger partial charge in [0, 0.05) is 41.2 Å². The van der Waals surface area contributed by atoms with Crippen LogP contribution in [0.2, 0.25) is 5.02 Å². The molecule has 0 aromatic heterocycles. The second-order valence-corrected chi connectivity index (χ2v) is 4.61. The summed E-state index contributed by atoms with van der Waals surface area (Å²) in [5.74, 6) is 0. The number of halogens is 1. The van der Waals surface area contributed by atoms with Crippen molar-refractivity contribution >= 4 is 57.0 Å². The molecule has 0 aliphatic rings. The summed E-state index contributed by atoms with van der Waals surface area (Å²) in [6.45, 7) is 1.38. The predicted octanol–water partition coefficient (Wildman–Crippen LogP) is 1.42. The molecule has 6 nitrogen and oxygen atoms in total. The quantitative estimate of drug-likeness (QED) is 0.381. The molecule has 0 atom stereocenters. The summed E-state index contributed by atoms with van der Waals surface area (Å²) >= 11 is 5.59. The van der Waals surface area contributed by atoms with Crippen molar-refractivity contribution in [3.05, 3.63) is 32.8 Å². The van der Waals surface area contributed by atoms with Gasteiger partial charge in [-0.05, 0) is 13.0 Å². The fourth-order valence-electron chi connectivity index (χ4n) is 0.979. The van der Waals surface area contributed by atoms with Crippen LogP contribution in [0.3, 0.4) is 0 Å². The van der Waals surface area contributed by atoms with Crippen LogP contribution < -0.4 is 0 Å². The van der Waals surface area contributed by atoms with Gasteiger partial charge in [-0.3, -0.25) is 14.7 Å². The molecule has 1 rings (SSSR count). The average molecular weight is 275 g/mol. The van der Waals surface area contributed by atoms with Crippen molar-refractivity contribution in [2.75, 3.05) is 0 Å². The molecule has 1 aromatic carbocycles. The zero-order valence-electron chi connectivity index (χ0n) is 8.47. The largest absolute Gasteiger partial charge is 0.294 e. The van der Waals surface area contributed by atoms with E-state index in [0.29, 0.717) is 0 Å². The number of nitro benzene ring substituents is 1. The van der Waals surface area contributed by atoms with E-state index in [2.05, 4.69) is 0 Å². The summed E-state index contributed by atoms with van der Waals surface area (Å²) in [5.41, 5.74) is -0.302. The van der Waals surface area contributed by atoms with Crippen molar-refractivity contribution in [3.63, 3.8) is 0 Å². The van der Waals surface area contributed by atoms with Crippen molar-refractivity contribution in [2.24, 2.45) is 0 Å². The third-order valence-corrected chi connectivity index (χ3v) is 3.01. The van der Waals surface area contributed by atoms with Gasteiger partial charge in [0.15, 0.2) is 0 Å². The molecular formula is C7H6ClNNaO5S. The van der Waals surface area contributed by atoms with Gasteiger partial charge in [0.25, 0.3) is 15.8 Å². The molecule has 0 saturated carbocycles. The van der Waals surface area contributed by atoms with Crippen LogP contribution in [0.15, 0.2) is 17.0 Å². The molecule has 0 aliphatic heterocycles. The zero-order valence-corrected chi connectivity index (χ0v) is 12.0. The molecule has 0 aliphatic carbocycles. The third kappa shape index (κ3) is 3.41. The molecule has 1 N–H and O–H groups in total. The Morgan fingerprint density at radius 1 is 1.44 bits per heavy atom. The predicted molar refractivity (Wildman–Crippen MR) is 58.4 cm³/mol. The SMILES string of the molecule is Cc1c(Cl)cc(S(=O)(=O)O)cc1[N+](=O)[O-].[Na]. The zero-order chi connectivity index (χ0) is 11.8. The molecule has 83 valence electrons. The Kier molecular flexibility index (Phi) is 5.37. The van der Waals surface area contributed by atoms with Crippen molar-refractivity contribution in [2.45, 2.75) is 11.8 Å². The van der Waals surface area contributed by atoms with Gasteiger partial charge in [0.05, 0.1) is 9.95 Å². The first-order valence-electron chi connectivity index (χ1n) is 3.65. The molecular weight excluding hydrogens is 269 g/mol. The Hall–Kier alpha value is -0.180. The summed E-state index contributed by atoms with van der Waals surface area (Å²) in [6.07, 6.45) is 0. The Labute approximate surface area is 119 Å². The minimum atomic E-state index is -4.49. The van der Waals surface area contributed by atoms with Crippen LogP contribution in [0.1, 0.15) is 5.56 Å². The number of nitro groups is 1. The minimum Gasteiger partial charge on any atom is -0.282 e. The van der Waals surface area contributed by atoms with E-state index in [0.717, 1.165) is 12.1 Å². The molecule has 9 heteroatoms. The number of benzene rings is 1. The van der Waals surface area contributed by atoms with E-state index < -0.39 is 25.6 Å². The molecule has 0 spiro atoms. The van der Waals surface area contributed by atoms with Gasteiger partial charge in [0.2, 0.25) is 0 Å². The Balaban J connectivity index is 0.00000225. The van der Waals surface area contributed by atoms with E-state index in [4.69, 9.17) is 16.2 Å². The maximum Gasteiger partial charge on any atom is 0.294 e. The van der Waals surface area contributed by atoms with E-state index in [9.17, 15) is 18.5 Å². The van der Waals surface area contributed by atoms with Gasteiger partial charge in [-0.2, -0.15) is 8.42 Å². The van der Waals surface area contributed by atoms with Crippen molar-refractivity contribution in [3.8, 4) is 0 Å². The summed E-state index contributed by atoms with van der Waals surface area (Å²) in [6, 6.07) is 1.72. The molecule has 1 aromatic rings. The van der Waals surface area contributed by atoms with Gasteiger partial charge in [-0.25, -0.2) is 0 Å². The van der Waals surface area contributed by atoms with Gasteiger partial charge in [-0.15, -0.1) is 0 Å². The summed E-state index contributed by atoms with van der Waals surface area (Å²) in [5, 5.41) is 10.4. The standard InChI is InChI=1S/C7H6ClNO5S.Na/c1-4-6(8)2-5(15(12,13)14)3-7(4)9(10)11;/h2-3H,1H3,(H,12,13,14);. The average Bonchev–Trinajstić information content (AvgIpc) is 2.06. The van der Waals surface area contributed by atoms with Crippen LogP contribution in [-0.2, 0) is 10.1 Å². The molecule has 0 amide bonds. The van der Waals surface area contributed by atoms with E-state index >= 15 is 0 Å². The second kappa shape index (κ2) is 5.44. The molecule has 1 radical (unpaired) electrons. The molecule has 0 saturated heterocycles. The van der Waals surface area contributed by atoms with Gasteiger partial charge in [-0.1, -0.05) is 11.6 Å². The first-order valence-corrected chi connectivity index (χ1v) is 5.47. The molecule has 0 bridgehead atoms. The fourth-order valence-corrected chi connectivity index (χ4v) is 1.79. The van der Waals surface area contributed by atoms with Crippen LogP contribution in [0.5, 0.6) is 0 Å². The van der Waals surface area contributed by atoms with Crippen LogP contribution in [-0.4, -0.2) is 47.5 Å². The van der Waals surface area contributed by atoms with Gasteiger partial charge < -0.3 is 0 Å². The van der Waals surface area contributed by atoms with E-state index in [1.165, 1.54) is 6.92 Å². The van der Waals surface area contributed by atoms with Gasteiger partial charge >= 0.3 is 0 Å². The number of rotatable bonds is 2. The molecule has 0 heterocycles. The maximum atomic E-state index is 10.7. The topological polar surface area (TPSA) is 97.5 Å². The normalized spacial score (nSPS) is 10.7. The smallest absolute Gasteiger partial charge is 0.282 e. The minimum absolute atomic E-state index is 0. The molecule has 0 fully saturated rings.